The van der Waals surface area contributed by atoms with E-state index in [1.165, 1.54) is 10.0 Å². The van der Waals surface area contributed by atoms with Gasteiger partial charge in [-0.15, -0.1) is 10.5 Å². The second kappa shape index (κ2) is 4.00. The van der Waals surface area contributed by atoms with E-state index in [0.717, 1.165) is 11.4 Å². The van der Waals surface area contributed by atoms with Gasteiger partial charge < -0.3 is 0 Å². The van der Waals surface area contributed by atoms with E-state index in [1.807, 2.05) is 19.9 Å². The van der Waals surface area contributed by atoms with E-state index >= 15 is 0 Å². The number of aromatic nitrogens is 2. The number of amides is 2. The van der Waals surface area contributed by atoms with Crippen molar-refractivity contribution in [2.75, 3.05) is 14.1 Å². The SMILES string of the molecule is Cc1cc(C)nc(C2=NN(C)C(=O)N(C)[N]2)n1. The van der Waals surface area contributed by atoms with Gasteiger partial charge >= 0.3 is 6.03 Å². The van der Waals surface area contributed by atoms with Gasteiger partial charge in [0.1, 0.15) is 0 Å². The molecule has 1 aromatic heterocycles. The zero-order valence-corrected chi connectivity index (χ0v) is 10.2. The fourth-order valence-electron chi connectivity index (χ4n) is 1.51. The molecule has 7 nitrogen and oxygen atoms in total. The average Bonchev–Trinajstić information content (AvgIpc) is 2.23. The Labute approximate surface area is 99.1 Å². The Balaban J connectivity index is 2.40. The van der Waals surface area contributed by atoms with Crippen LogP contribution in [0.1, 0.15) is 17.2 Å². The molecule has 0 aromatic carbocycles. The first-order chi connectivity index (χ1) is 7.97. The number of aryl methyl sites for hydroxylation is 2. The minimum Gasteiger partial charge on any atom is -0.244 e. The predicted molar refractivity (Wildman–Crippen MR) is 61.1 cm³/mol. The van der Waals surface area contributed by atoms with Crippen molar-refractivity contribution < 1.29 is 4.79 Å². The van der Waals surface area contributed by atoms with Crippen LogP contribution in [0.2, 0.25) is 0 Å². The maximum absolute atomic E-state index is 11.4. The summed E-state index contributed by atoms with van der Waals surface area (Å²) in [6, 6.07) is 1.57. The number of hydrogen-bond donors (Lipinski definition) is 0. The molecule has 0 N–H and O–H groups in total. The highest BCUT2D eigenvalue weighted by Gasteiger charge is 2.25. The molecule has 0 aliphatic carbocycles. The Morgan fingerprint density at radius 3 is 2.18 bits per heavy atom. The van der Waals surface area contributed by atoms with E-state index < -0.39 is 0 Å². The first-order valence-electron chi connectivity index (χ1n) is 5.11. The lowest BCUT2D eigenvalue weighted by Gasteiger charge is -2.25. The second-order valence-corrected chi connectivity index (χ2v) is 3.83. The summed E-state index contributed by atoms with van der Waals surface area (Å²) in [4.78, 5) is 19.9. The zero-order valence-electron chi connectivity index (χ0n) is 10.2. The van der Waals surface area contributed by atoms with Crippen molar-refractivity contribution in [2.45, 2.75) is 13.8 Å². The molecule has 17 heavy (non-hydrogen) atoms. The number of urea groups is 1. The van der Waals surface area contributed by atoms with Gasteiger partial charge in [-0.05, 0) is 19.9 Å². The van der Waals surface area contributed by atoms with Crippen LogP contribution < -0.4 is 5.43 Å². The Morgan fingerprint density at radius 1 is 1.06 bits per heavy atom. The van der Waals surface area contributed by atoms with E-state index in [9.17, 15) is 4.79 Å². The Kier molecular flexibility index (Phi) is 2.66. The van der Waals surface area contributed by atoms with Gasteiger partial charge in [-0.3, -0.25) is 0 Å². The van der Waals surface area contributed by atoms with E-state index in [4.69, 9.17) is 0 Å². The molecule has 0 bridgehead atoms. The largest absolute Gasteiger partial charge is 0.360 e. The maximum Gasteiger partial charge on any atom is 0.360 e. The first kappa shape index (κ1) is 11.3. The molecule has 0 saturated carbocycles. The van der Waals surface area contributed by atoms with Gasteiger partial charge in [-0.1, -0.05) is 0 Å². The smallest absolute Gasteiger partial charge is 0.244 e. The van der Waals surface area contributed by atoms with Crippen molar-refractivity contribution in [2.24, 2.45) is 5.10 Å². The van der Waals surface area contributed by atoms with Gasteiger partial charge in [0.05, 0.1) is 0 Å². The van der Waals surface area contributed by atoms with Crippen LogP contribution in [0.15, 0.2) is 11.2 Å². The lowest BCUT2D eigenvalue weighted by molar-refractivity contribution is 0.155. The highest BCUT2D eigenvalue weighted by atomic mass is 16.2. The molecule has 2 rings (SSSR count). The summed E-state index contributed by atoms with van der Waals surface area (Å²) in [6.45, 7) is 3.75. The van der Waals surface area contributed by atoms with Crippen molar-refractivity contribution in [3.05, 3.63) is 23.3 Å². The number of carbonyl (C=O) groups excluding carboxylic acids is 1. The number of rotatable bonds is 1. The van der Waals surface area contributed by atoms with Crippen LogP contribution in [0.5, 0.6) is 0 Å². The van der Waals surface area contributed by atoms with Gasteiger partial charge in [0, 0.05) is 25.5 Å². The molecule has 0 saturated heterocycles. The molecule has 0 spiro atoms. The van der Waals surface area contributed by atoms with Crippen LogP contribution in [-0.2, 0) is 0 Å². The lowest BCUT2D eigenvalue weighted by Crippen LogP contribution is -2.49. The number of hydrazone groups is 1. The third-order valence-electron chi connectivity index (χ3n) is 2.23. The first-order valence-corrected chi connectivity index (χ1v) is 5.11. The average molecular weight is 233 g/mol. The summed E-state index contributed by atoms with van der Waals surface area (Å²) in [5.41, 5.74) is 5.71. The normalized spacial score (nSPS) is 15.8. The molecule has 0 atom stereocenters. The summed E-state index contributed by atoms with van der Waals surface area (Å²) in [6.07, 6.45) is 0. The van der Waals surface area contributed by atoms with Crippen LogP contribution in [0.4, 0.5) is 4.79 Å². The summed E-state index contributed by atoms with van der Waals surface area (Å²) >= 11 is 0. The lowest BCUT2D eigenvalue weighted by atomic mass is 10.3. The van der Waals surface area contributed by atoms with Crippen molar-refractivity contribution in [1.29, 1.82) is 0 Å². The summed E-state index contributed by atoms with van der Waals surface area (Å²) in [5.74, 6) is 0.759. The minimum absolute atomic E-state index is 0.293. The van der Waals surface area contributed by atoms with Crippen LogP contribution in [0, 0.1) is 13.8 Å². The Bertz CT molecular complexity index is 477. The molecule has 89 valence electrons. The molecular formula is C10H13N6O. The van der Waals surface area contributed by atoms with Gasteiger partial charge in [0.25, 0.3) is 0 Å². The van der Waals surface area contributed by atoms with Crippen LogP contribution >= 0.6 is 0 Å². The fourth-order valence-corrected chi connectivity index (χ4v) is 1.51. The van der Waals surface area contributed by atoms with Crippen LogP contribution in [0.25, 0.3) is 0 Å². The van der Waals surface area contributed by atoms with E-state index in [1.54, 1.807) is 14.1 Å². The monoisotopic (exact) mass is 233 g/mol. The van der Waals surface area contributed by atoms with Gasteiger partial charge in [-0.25, -0.2) is 24.8 Å². The second-order valence-electron chi connectivity index (χ2n) is 3.83. The molecule has 1 aliphatic heterocycles. The van der Waals surface area contributed by atoms with E-state index in [0.29, 0.717) is 11.7 Å². The van der Waals surface area contributed by atoms with Crippen molar-refractivity contribution in [3.63, 3.8) is 0 Å². The molecule has 0 unspecified atom stereocenters. The van der Waals surface area contributed by atoms with Gasteiger partial charge in [0.15, 0.2) is 0 Å². The minimum atomic E-state index is -0.293. The molecule has 1 radical (unpaired) electrons. The van der Waals surface area contributed by atoms with E-state index in [-0.39, 0.29) is 6.03 Å². The maximum atomic E-state index is 11.4. The summed E-state index contributed by atoms with van der Waals surface area (Å²) < 4.78 is 0. The Hall–Kier alpha value is -2.18. The highest BCUT2D eigenvalue weighted by molar-refractivity contribution is 5.98. The van der Waals surface area contributed by atoms with Crippen LogP contribution in [0.3, 0.4) is 0 Å². The molecule has 2 heterocycles. The van der Waals surface area contributed by atoms with Crippen molar-refractivity contribution in [3.8, 4) is 0 Å². The van der Waals surface area contributed by atoms with Gasteiger partial charge in [0.2, 0.25) is 11.7 Å². The number of amidine groups is 1. The predicted octanol–water partition coefficient (Wildman–Crippen LogP) is 0.272. The molecule has 7 heteroatoms. The van der Waals surface area contributed by atoms with E-state index in [2.05, 4.69) is 20.5 Å². The Morgan fingerprint density at radius 2 is 1.65 bits per heavy atom. The molecule has 2 amide bonds. The molecule has 1 aromatic rings. The fraction of sp³-hybridized carbons (Fsp3) is 0.400. The summed E-state index contributed by atoms with van der Waals surface area (Å²) in [5, 5.41) is 6.46. The molecular weight excluding hydrogens is 220 g/mol. The quantitative estimate of drug-likeness (QED) is 0.698. The molecule has 1 aliphatic rings. The number of hydrogen-bond acceptors (Lipinski definition) is 4. The van der Waals surface area contributed by atoms with Crippen molar-refractivity contribution >= 4 is 11.9 Å². The number of carbonyl (C=O) groups is 1. The summed E-state index contributed by atoms with van der Waals surface area (Å²) in [7, 11) is 3.13. The third-order valence-corrected chi connectivity index (χ3v) is 2.23. The zero-order chi connectivity index (χ0) is 12.6. The molecule has 0 fully saturated rings. The van der Waals surface area contributed by atoms with Crippen molar-refractivity contribution in [1.82, 2.24) is 25.4 Å². The highest BCUT2D eigenvalue weighted by Crippen LogP contribution is 2.06. The van der Waals surface area contributed by atoms with Crippen LogP contribution in [-0.4, -0.2) is 45.9 Å². The third kappa shape index (κ3) is 2.17. The topological polar surface area (TPSA) is 75.8 Å². The number of nitrogens with zero attached hydrogens (tertiary/aromatic N) is 6. The standard InChI is InChI=1S/C10H13N6O/c1-6-5-7(2)12-8(11-6)9-13-15(3)10(17)16(4)14-9/h5H,1-4H3. The van der Waals surface area contributed by atoms with Gasteiger partial charge in [-0.2, -0.15) is 0 Å².